The number of ether oxygens (including phenoxy) is 8. The van der Waals surface area contributed by atoms with Crippen molar-refractivity contribution in [2.75, 3.05) is 34.9 Å². The predicted molar refractivity (Wildman–Crippen MR) is 233 cm³/mol. The standard InChI is InChI=1S/C47H78N2O14/c1-15-34-47(10,55)39(52)28(4)36(50)26(2)24-45(8,56-13)40(62-43-37(51)33(49(11)12)23-27(3)58-43)29(5)38(30(6)42(53)60-34)61-35-25-46(9,57-14)41(31(7)59-35)63-44(54)48-22-21-32-19-17-16-18-20-32/h16-20,26-31,33-35,37-41,43,51-52,55H,15,21-25H2,1-14H3,(H,48,54)/t26-,27-,28+,29+,30-,31+,33+,34-,35+,37-,38+,39-,40-,41+,43+,45+,46-,47-/m1/s1. The van der Waals surface area contributed by atoms with Crippen LogP contribution < -0.4 is 5.32 Å². The molecule has 3 fully saturated rings. The van der Waals surface area contributed by atoms with E-state index in [-0.39, 0.29) is 37.2 Å². The number of ketones is 1. The predicted octanol–water partition coefficient (Wildman–Crippen LogP) is 4.42. The van der Waals surface area contributed by atoms with Crippen LogP contribution >= 0.6 is 0 Å². The lowest BCUT2D eigenvalue weighted by Crippen LogP contribution is -2.62. The van der Waals surface area contributed by atoms with Crippen molar-refractivity contribution in [1.82, 2.24) is 10.2 Å². The summed E-state index contributed by atoms with van der Waals surface area (Å²) >= 11 is 0. The number of aliphatic hydroxyl groups excluding tert-OH is 2. The molecular formula is C47H78N2O14. The molecule has 0 unspecified atom stereocenters. The van der Waals surface area contributed by atoms with Crippen molar-refractivity contribution >= 4 is 17.8 Å². The van der Waals surface area contributed by atoms with Gasteiger partial charge < -0.3 is 63.4 Å². The third kappa shape index (κ3) is 12.4. The molecule has 360 valence electrons. The number of cyclic esters (lactones) is 1. The number of esters is 1. The third-order valence-corrected chi connectivity index (χ3v) is 14.0. The Morgan fingerprint density at radius 2 is 1.51 bits per heavy atom. The van der Waals surface area contributed by atoms with Crippen molar-refractivity contribution in [3.8, 4) is 0 Å². The van der Waals surface area contributed by atoms with Gasteiger partial charge in [-0.25, -0.2) is 4.79 Å². The van der Waals surface area contributed by atoms with Crippen LogP contribution in [0.3, 0.4) is 0 Å². The number of likely N-dealkylation sites (N-methyl/N-ethyl adjacent to an activating group) is 1. The summed E-state index contributed by atoms with van der Waals surface area (Å²) in [4.78, 5) is 43.6. The van der Waals surface area contributed by atoms with Gasteiger partial charge in [-0.1, -0.05) is 58.0 Å². The molecule has 0 bridgehead atoms. The largest absolute Gasteiger partial charge is 0.459 e. The second-order valence-electron chi connectivity index (χ2n) is 19.2. The normalized spacial score (nSPS) is 42.3. The lowest BCUT2D eigenvalue weighted by molar-refractivity contribution is -0.319. The first kappa shape index (κ1) is 52.9. The molecule has 0 radical (unpaired) electrons. The number of benzene rings is 1. The Kier molecular flexibility index (Phi) is 18.6. The molecule has 63 heavy (non-hydrogen) atoms. The molecule has 4 N–H and O–H groups in total. The van der Waals surface area contributed by atoms with Crippen LogP contribution in [-0.2, 0) is 53.9 Å². The SMILES string of the molecule is CC[C@H]1OC(=O)[C@H](C)[C@@H](O[C@H]2C[C@@](C)(OC)[C@@H](OC(=O)NCCc3ccccc3)[C@H](C)O2)[C@H](C)[C@@H](O[C@@H]2O[C@H](C)C[C@H](N(C)C)[C@H]2O)[C@@](C)(OC)C[C@@H](C)C(=O)[C@H](C)[C@@H](O)[C@]1(C)O. The zero-order chi connectivity index (χ0) is 47.2. The average Bonchev–Trinajstić information content (AvgIpc) is 3.24. The quantitative estimate of drug-likeness (QED) is 0.215. The number of nitrogens with zero attached hydrogens (tertiary/aromatic N) is 1. The van der Waals surface area contributed by atoms with Crippen LogP contribution in [0.15, 0.2) is 30.3 Å². The second-order valence-corrected chi connectivity index (χ2v) is 19.2. The Labute approximate surface area is 374 Å². The van der Waals surface area contributed by atoms with E-state index in [1.165, 1.54) is 21.1 Å². The molecule has 3 aliphatic heterocycles. The molecule has 0 saturated carbocycles. The molecule has 1 aromatic rings. The van der Waals surface area contributed by atoms with Crippen LogP contribution in [0, 0.1) is 23.7 Å². The zero-order valence-electron chi connectivity index (χ0n) is 40.1. The fraction of sp³-hybridized carbons (Fsp3) is 0.809. The monoisotopic (exact) mass is 895 g/mol. The minimum Gasteiger partial charge on any atom is -0.459 e. The molecule has 3 aliphatic rings. The van der Waals surface area contributed by atoms with Gasteiger partial charge >= 0.3 is 12.1 Å². The number of hydrogen-bond donors (Lipinski definition) is 4. The molecule has 18 atom stereocenters. The van der Waals surface area contributed by atoms with Gasteiger partial charge in [0.1, 0.15) is 29.2 Å². The average molecular weight is 895 g/mol. The number of methoxy groups -OCH3 is 2. The van der Waals surface area contributed by atoms with Crippen LogP contribution in [0.5, 0.6) is 0 Å². The minimum atomic E-state index is -2.00. The van der Waals surface area contributed by atoms with E-state index in [1.807, 2.05) is 63.2 Å². The van der Waals surface area contributed by atoms with Crippen LogP contribution in [0.4, 0.5) is 4.79 Å². The third-order valence-electron chi connectivity index (χ3n) is 14.0. The molecule has 4 rings (SSSR count). The Bertz CT molecular complexity index is 1630. The molecule has 16 heteroatoms. The van der Waals surface area contributed by atoms with E-state index in [2.05, 4.69) is 5.32 Å². The van der Waals surface area contributed by atoms with Crippen LogP contribution in [0.2, 0.25) is 0 Å². The second kappa shape index (κ2) is 22.1. The zero-order valence-corrected chi connectivity index (χ0v) is 40.1. The maximum absolute atomic E-state index is 14.4. The molecule has 1 aromatic carbocycles. The number of hydrogen-bond acceptors (Lipinski definition) is 15. The fourth-order valence-electron chi connectivity index (χ4n) is 9.90. The van der Waals surface area contributed by atoms with E-state index in [4.69, 9.17) is 37.9 Å². The molecule has 0 aliphatic carbocycles. The van der Waals surface area contributed by atoms with E-state index in [0.717, 1.165) is 5.56 Å². The van der Waals surface area contributed by atoms with Gasteiger partial charge in [-0.15, -0.1) is 0 Å². The van der Waals surface area contributed by atoms with Gasteiger partial charge in [-0.05, 0) is 86.9 Å². The summed E-state index contributed by atoms with van der Waals surface area (Å²) in [6.07, 6.45) is -9.18. The highest BCUT2D eigenvalue weighted by Crippen LogP contribution is 2.42. The van der Waals surface area contributed by atoms with E-state index >= 15 is 0 Å². The first-order chi connectivity index (χ1) is 29.4. The van der Waals surface area contributed by atoms with E-state index in [1.54, 1.807) is 48.5 Å². The topological polar surface area (TPSA) is 201 Å². The molecular weight excluding hydrogens is 817 g/mol. The maximum atomic E-state index is 14.4. The summed E-state index contributed by atoms with van der Waals surface area (Å²) in [7, 11) is 6.77. The van der Waals surface area contributed by atoms with Gasteiger partial charge in [-0.2, -0.15) is 0 Å². The first-order valence-corrected chi connectivity index (χ1v) is 22.6. The molecule has 0 spiro atoms. The summed E-state index contributed by atoms with van der Waals surface area (Å²) < 4.78 is 50.9. The Hall–Kier alpha value is -2.77. The lowest BCUT2D eigenvalue weighted by atomic mass is 9.74. The summed E-state index contributed by atoms with van der Waals surface area (Å²) in [6, 6.07) is 9.46. The van der Waals surface area contributed by atoms with Crippen LogP contribution in [-0.4, -0.2) is 157 Å². The molecule has 1 amide bonds. The molecule has 3 saturated heterocycles. The number of alkyl carbamates (subject to hydrolysis) is 1. The summed E-state index contributed by atoms with van der Waals surface area (Å²) in [5.41, 5.74) is -3.34. The van der Waals surface area contributed by atoms with Crippen LogP contribution in [0.25, 0.3) is 0 Å². The number of aliphatic hydroxyl groups is 3. The summed E-state index contributed by atoms with van der Waals surface area (Å²) in [6.45, 7) is 17.5. The highest BCUT2D eigenvalue weighted by Gasteiger charge is 2.55. The van der Waals surface area contributed by atoms with Gasteiger partial charge in [0.25, 0.3) is 0 Å². The number of nitrogens with one attached hydrogen (secondary N) is 1. The van der Waals surface area contributed by atoms with Crippen molar-refractivity contribution in [2.45, 2.75) is 186 Å². The van der Waals surface area contributed by atoms with E-state index < -0.39 is 108 Å². The Morgan fingerprint density at radius 3 is 2.10 bits per heavy atom. The first-order valence-electron chi connectivity index (χ1n) is 22.6. The van der Waals surface area contributed by atoms with Gasteiger partial charge in [0.05, 0.1) is 42.0 Å². The molecule has 0 aromatic heterocycles. The van der Waals surface area contributed by atoms with Gasteiger partial charge in [0, 0.05) is 51.0 Å². The Morgan fingerprint density at radius 1 is 0.889 bits per heavy atom. The van der Waals surface area contributed by atoms with Crippen molar-refractivity contribution in [3.05, 3.63) is 35.9 Å². The Balaban J connectivity index is 1.75. The van der Waals surface area contributed by atoms with Crippen molar-refractivity contribution in [2.24, 2.45) is 23.7 Å². The van der Waals surface area contributed by atoms with Crippen molar-refractivity contribution in [1.29, 1.82) is 0 Å². The number of amides is 1. The van der Waals surface area contributed by atoms with Gasteiger partial charge in [0.15, 0.2) is 18.7 Å². The van der Waals surface area contributed by atoms with Crippen molar-refractivity contribution in [3.63, 3.8) is 0 Å². The van der Waals surface area contributed by atoms with Gasteiger partial charge in [-0.3, -0.25) is 9.59 Å². The van der Waals surface area contributed by atoms with E-state index in [0.29, 0.717) is 19.4 Å². The van der Waals surface area contributed by atoms with Crippen LogP contribution in [0.1, 0.15) is 100 Å². The number of carbonyl (C=O) groups excluding carboxylic acids is 3. The lowest BCUT2D eigenvalue weighted by Gasteiger charge is -2.50. The molecule has 16 nitrogen and oxygen atoms in total. The number of carbonyl (C=O) groups is 3. The minimum absolute atomic E-state index is 0.0717. The highest BCUT2D eigenvalue weighted by atomic mass is 16.7. The van der Waals surface area contributed by atoms with Gasteiger partial charge in [0.2, 0.25) is 0 Å². The summed E-state index contributed by atoms with van der Waals surface area (Å²) in [5.74, 6) is -4.67. The van der Waals surface area contributed by atoms with Crippen molar-refractivity contribution < 1.29 is 67.6 Å². The highest BCUT2D eigenvalue weighted by molar-refractivity contribution is 5.83. The molecule has 3 heterocycles. The maximum Gasteiger partial charge on any atom is 0.407 e. The number of rotatable bonds is 12. The smallest absolute Gasteiger partial charge is 0.407 e. The van der Waals surface area contributed by atoms with E-state index in [9.17, 15) is 29.7 Å². The number of Topliss-reactive ketones (excluding diaryl/α,β-unsaturated/α-hetero) is 1. The summed E-state index contributed by atoms with van der Waals surface area (Å²) in [5, 5.41) is 37.9. The fourth-order valence-corrected chi connectivity index (χ4v) is 9.90.